The van der Waals surface area contributed by atoms with Crippen LogP contribution in [0.3, 0.4) is 0 Å². The first kappa shape index (κ1) is 11.0. The number of aromatic nitrogens is 2. The molecule has 90 valence electrons. The fraction of sp³-hybridized carbons (Fsp3) is 0.0769. The third-order valence-corrected chi connectivity index (χ3v) is 3.52. The largest absolute Gasteiger partial charge is 0.326 e. The molecule has 1 aromatic carbocycles. The third-order valence-electron chi connectivity index (χ3n) is 2.64. The molecule has 0 aliphatic heterocycles. The number of anilines is 1. The van der Waals surface area contributed by atoms with Gasteiger partial charge in [0.2, 0.25) is 5.91 Å². The lowest BCUT2D eigenvalue weighted by molar-refractivity contribution is -0.115. The van der Waals surface area contributed by atoms with E-state index in [-0.39, 0.29) is 5.91 Å². The predicted molar refractivity (Wildman–Crippen MR) is 72.7 cm³/mol. The number of rotatable bonds is 3. The van der Waals surface area contributed by atoms with Gasteiger partial charge in [0.05, 0.1) is 18.1 Å². The Labute approximate surface area is 108 Å². The van der Waals surface area contributed by atoms with Crippen LogP contribution in [-0.2, 0) is 11.2 Å². The van der Waals surface area contributed by atoms with Crippen LogP contribution in [0.4, 0.5) is 5.69 Å². The number of hydrogen-bond donors (Lipinski definition) is 2. The molecule has 0 atom stereocenters. The molecular weight excluding hydrogens is 246 g/mol. The van der Waals surface area contributed by atoms with Crippen molar-refractivity contribution in [3.63, 3.8) is 0 Å². The van der Waals surface area contributed by atoms with E-state index in [0.717, 1.165) is 21.5 Å². The van der Waals surface area contributed by atoms with E-state index in [2.05, 4.69) is 15.5 Å². The van der Waals surface area contributed by atoms with Crippen LogP contribution in [0.2, 0.25) is 0 Å². The summed E-state index contributed by atoms with van der Waals surface area (Å²) < 4.78 is 0. The quantitative estimate of drug-likeness (QED) is 0.758. The Morgan fingerprint density at radius 3 is 3.17 bits per heavy atom. The van der Waals surface area contributed by atoms with Crippen molar-refractivity contribution in [3.05, 3.63) is 46.8 Å². The smallest absolute Gasteiger partial charge is 0.229 e. The number of carbonyl (C=O) groups is 1. The van der Waals surface area contributed by atoms with Gasteiger partial charge in [0, 0.05) is 16.0 Å². The Morgan fingerprint density at radius 1 is 1.39 bits per heavy atom. The average Bonchev–Trinajstić information content (AvgIpc) is 2.98. The molecule has 0 saturated carbocycles. The SMILES string of the molecule is O=C(Cc1cccs1)Nc1ccc2cn[nH]c2c1. The minimum absolute atomic E-state index is 0.00341. The van der Waals surface area contributed by atoms with Crippen molar-refractivity contribution in [3.8, 4) is 0 Å². The summed E-state index contributed by atoms with van der Waals surface area (Å²) in [4.78, 5) is 12.9. The van der Waals surface area contributed by atoms with E-state index in [9.17, 15) is 4.79 Å². The molecule has 5 heteroatoms. The highest BCUT2D eigenvalue weighted by Crippen LogP contribution is 2.17. The number of carbonyl (C=O) groups excluding carboxylic acids is 1. The third kappa shape index (κ3) is 2.26. The Balaban J connectivity index is 1.73. The molecule has 3 aromatic rings. The number of nitrogens with one attached hydrogen (secondary N) is 2. The van der Waals surface area contributed by atoms with Crippen LogP contribution in [0.15, 0.2) is 41.9 Å². The van der Waals surface area contributed by atoms with Gasteiger partial charge < -0.3 is 5.32 Å². The standard InChI is InChI=1S/C13H11N3OS/c17-13(7-11-2-1-5-18-11)15-10-4-3-9-8-14-16-12(9)6-10/h1-6,8H,7H2,(H,14,16)(H,15,17). The van der Waals surface area contributed by atoms with Crippen molar-refractivity contribution < 1.29 is 4.79 Å². The Bertz CT molecular complexity index is 672. The molecule has 18 heavy (non-hydrogen) atoms. The second kappa shape index (κ2) is 4.62. The van der Waals surface area contributed by atoms with Gasteiger partial charge >= 0.3 is 0 Å². The van der Waals surface area contributed by atoms with E-state index in [0.29, 0.717) is 6.42 Å². The zero-order valence-electron chi connectivity index (χ0n) is 9.51. The maximum absolute atomic E-state index is 11.8. The lowest BCUT2D eigenvalue weighted by Crippen LogP contribution is -2.13. The monoisotopic (exact) mass is 257 g/mol. The van der Waals surface area contributed by atoms with Gasteiger partial charge in [0.1, 0.15) is 0 Å². The number of thiophene rings is 1. The summed E-state index contributed by atoms with van der Waals surface area (Å²) in [6.07, 6.45) is 2.17. The molecule has 0 aliphatic carbocycles. The number of aromatic amines is 1. The van der Waals surface area contributed by atoms with Crippen molar-refractivity contribution in [1.82, 2.24) is 10.2 Å². The number of fused-ring (bicyclic) bond motifs is 1. The molecule has 0 fully saturated rings. The first-order chi connectivity index (χ1) is 8.81. The molecule has 2 heterocycles. The molecule has 2 N–H and O–H groups in total. The van der Waals surface area contributed by atoms with Crippen molar-refractivity contribution in [1.29, 1.82) is 0 Å². The fourth-order valence-electron chi connectivity index (χ4n) is 1.79. The van der Waals surface area contributed by atoms with Crippen LogP contribution in [0.5, 0.6) is 0 Å². The minimum atomic E-state index is -0.00341. The number of nitrogens with zero attached hydrogens (tertiary/aromatic N) is 1. The highest BCUT2D eigenvalue weighted by Gasteiger charge is 2.05. The first-order valence-corrected chi connectivity index (χ1v) is 6.44. The van der Waals surface area contributed by atoms with Crippen LogP contribution < -0.4 is 5.32 Å². The van der Waals surface area contributed by atoms with E-state index in [1.807, 2.05) is 35.7 Å². The summed E-state index contributed by atoms with van der Waals surface area (Å²) in [6, 6.07) is 9.60. The van der Waals surface area contributed by atoms with E-state index >= 15 is 0 Å². The topological polar surface area (TPSA) is 57.8 Å². The number of hydrogen-bond acceptors (Lipinski definition) is 3. The summed E-state index contributed by atoms with van der Waals surface area (Å²) >= 11 is 1.59. The van der Waals surface area contributed by atoms with Gasteiger partial charge in [-0.1, -0.05) is 6.07 Å². The van der Waals surface area contributed by atoms with E-state index < -0.39 is 0 Å². The molecule has 4 nitrogen and oxygen atoms in total. The molecule has 0 unspecified atom stereocenters. The number of benzene rings is 1. The average molecular weight is 257 g/mol. The van der Waals surface area contributed by atoms with Gasteiger partial charge in [0.15, 0.2) is 0 Å². The van der Waals surface area contributed by atoms with Gasteiger partial charge in [0.25, 0.3) is 0 Å². The van der Waals surface area contributed by atoms with Crippen molar-refractivity contribution in [2.75, 3.05) is 5.32 Å². The van der Waals surface area contributed by atoms with E-state index in [4.69, 9.17) is 0 Å². The molecule has 0 saturated heterocycles. The lowest BCUT2D eigenvalue weighted by Gasteiger charge is -2.04. The predicted octanol–water partition coefficient (Wildman–Crippen LogP) is 2.81. The van der Waals surface area contributed by atoms with Gasteiger partial charge in [-0.05, 0) is 29.6 Å². The molecule has 3 rings (SSSR count). The Kier molecular flexibility index (Phi) is 2.82. The molecule has 0 bridgehead atoms. The second-order valence-electron chi connectivity index (χ2n) is 3.98. The zero-order chi connectivity index (χ0) is 12.4. The molecule has 1 amide bonds. The van der Waals surface area contributed by atoms with Crippen LogP contribution >= 0.6 is 11.3 Å². The minimum Gasteiger partial charge on any atom is -0.326 e. The maximum Gasteiger partial charge on any atom is 0.229 e. The highest BCUT2D eigenvalue weighted by atomic mass is 32.1. The number of amides is 1. The van der Waals surface area contributed by atoms with E-state index in [1.54, 1.807) is 17.5 Å². The Morgan fingerprint density at radius 2 is 2.33 bits per heavy atom. The highest BCUT2D eigenvalue weighted by molar-refractivity contribution is 7.10. The lowest BCUT2D eigenvalue weighted by atomic mass is 10.2. The number of H-pyrrole nitrogens is 1. The maximum atomic E-state index is 11.8. The van der Waals surface area contributed by atoms with Crippen molar-refractivity contribution in [2.24, 2.45) is 0 Å². The fourth-order valence-corrected chi connectivity index (χ4v) is 2.49. The van der Waals surface area contributed by atoms with Crippen molar-refractivity contribution >= 4 is 33.8 Å². The molecule has 2 aromatic heterocycles. The van der Waals surface area contributed by atoms with Gasteiger partial charge in [-0.3, -0.25) is 9.89 Å². The molecular formula is C13H11N3OS. The summed E-state index contributed by atoms with van der Waals surface area (Å²) in [5.41, 5.74) is 1.71. The summed E-state index contributed by atoms with van der Waals surface area (Å²) in [5, 5.41) is 12.7. The van der Waals surface area contributed by atoms with Crippen LogP contribution in [0.1, 0.15) is 4.88 Å². The van der Waals surface area contributed by atoms with Crippen molar-refractivity contribution in [2.45, 2.75) is 6.42 Å². The Hall–Kier alpha value is -2.14. The molecule has 0 aliphatic rings. The summed E-state index contributed by atoms with van der Waals surface area (Å²) in [5.74, 6) is -0.00341. The first-order valence-electron chi connectivity index (χ1n) is 5.56. The van der Waals surface area contributed by atoms with Crippen LogP contribution in [0.25, 0.3) is 10.9 Å². The van der Waals surface area contributed by atoms with Gasteiger partial charge in [-0.25, -0.2) is 0 Å². The molecule has 0 radical (unpaired) electrons. The summed E-state index contributed by atoms with van der Waals surface area (Å²) in [7, 11) is 0. The molecule has 0 spiro atoms. The van der Waals surface area contributed by atoms with Crippen LogP contribution in [0, 0.1) is 0 Å². The van der Waals surface area contributed by atoms with Gasteiger partial charge in [-0.2, -0.15) is 5.10 Å². The summed E-state index contributed by atoms with van der Waals surface area (Å²) in [6.45, 7) is 0. The van der Waals surface area contributed by atoms with Gasteiger partial charge in [-0.15, -0.1) is 11.3 Å². The zero-order valence-corrected chi connectivity index (χ0v) is 10.3. The second-order valence-corrected chi connectivity index (χ2v) is 5.01. The van der Waals surface area contributed by atoms with Crippen LogP contribution in [-0.4, -0.2) is 16.1 Å². The van der Waals surface area contributed by atoms with E-state index in [1.165, 1.54) is 0 Å². The normalized spacial score (nSPS) is 10.7.